The van der Waals surface area contributed by atoms with Gasteiger partial charge in [0.1, 0.15) is 0 Å². The maximum atomic E-state index is 11.8. The zero-order chi connectivity index (χ0) is 13.3. The number of terminal acetylenes is 1. The highest BCUT2D eigenvalue weighted by atomic mass is 16.5. The fourth-order valence-corrected chi connectivity index (χ4v) is 1.82. The number of carboxylic acid groups (broad SMARTS) is 1. The van der Waals surface area contributed by atoms with Crippen molar-refractivity contribution in [3.63, 3.8) is 0 Å². The van der Waals surface area contributed by atoms with Gasteiger partial charge in [0.05, 0.1) is 6.61 Å². The smallest absolute Gasteiger partial charge is 0.323 e. The van der Waals surface area contributed by atoms with Gasteiger partial charge in [-0.2, -0.15) is 0 Å². The van der Waals surface area contributed by atoms with Gasteiger partial charge in [0.2, 0.25) is 0 Å². The summed E-state index contributed by atoms with van der Waals surface area (Å²) >= 11 is 0. The molecule has 0 aliphatic heterocycles. The molecule has 17 heavy (non-hydrogen) atoms. The number of rotatable bonds is 8. The summed E-state index contributed by atoms with van der Waals surface area (Å²) in [4.78, 5) is 23.2. The van der Waals surface area contributed by atoms with Gasteiger partial charge in [-0.25, -0.2) is 0 Å². The van der Waals surface area contributed by atoms with Gasteiger partial charge in [0.15, 0.2) is 5.41 Å². The van der Waals surface area contributed by atoms with Gasteiger partial charge in [-0.05, 0) is 26.2 Å². The largest absolute Gasteiger partial charge is 0.480 e. The van der Waals surface area contributed by atoms with Gasteiger partial charge in [-0.1, -0.05) is 13.3 Å². The van der Waals surface area contributed by atoms with E-state index in [9.17, 15) is 14.7 Å². The van der Waals surface area contributed by atoms with Crippen LogP contribution < -0.4 is 0 Å². The van der Waals surface area contributed by atoms with Crippen LogP contribution in [0.1, 0.15) is 46.0 Å². The molecule has 0 aromatic carbocycles. The normalized spacial score (nSPS) is 13.5. The van der Waals surface area contributed by atoms with Crippen LogP contribution in [-0.4, -0.2) is 23.7 Å². The average molecular weight is 240 g/mol. The Balaban J connectivity index is 4.92. The molecule has 1 N–H and O–H groups in total. The standard InChI is InChI=1S/C13H20O4/c1-4-7-8-10-13(9-5-2,11(14)15)12(16)17-6-3/h1H,5-10H2,2-3H3,(H,14,15). The Hall–Kier alpha value is -1.50. The van der Waals surface area contributed by atoms with E-state index < -0.39 is 17.4 Å². The quantitative estimate of drug-likeness (QED) is 0.306. The molecule has 4 heteroatoms. The first-order valence-corrected chi connectivity index (χ1v) is 5.89. The molecule has 0 aliphatic rings. The number of carboxylic acids is 1. The van der Waals surface area contributed by atoms with Crippen molar-refractivity contribution in [1.82, 2.24) is 0 Å². The minimum absolute atomic E-state index is 0.187. The number of unbranched alkanes of at least 4 members (excludes halogenated alkanes) is 1. The van der Waals surface area contributed by atoms with E-state index in [0.717, 1.165) is 0 Å². The second kappa shape index (κ2) is 7.72. The number of hydrogen-bond acceptors (Lipinski definition) is 3. The van der Waals surface area contributed by atoms with Gasteiger partial charge >= 0.3 is 11.9 Å². The first kappa shape index (κ1) is 15.5. The van der Waals surface area contributed by atoms with Gasteiger partial charge in [0.25, 0.3) is 0 Å². The van der Waals surface area contributed by atoms with Crippen LogP contribution in [-0.2, 0) is 14.3 Å². The third-order valence-corrected chi connectivity index (χ3v) is 2.68. The zero-order valence-corrected chi connectivity index (χ0v) is 10.5. The summed E-state index contributed by atoms with van der Waals surface area (Å²) in [5.74, 6) is 0.684. The van der Waals surface area contributed by atoms with Crippen molar-refractivity contribution in [2.24, 2.45) is 5.41 Å². The molecule has 0 saturated carbocycles. The third kappa shape index (κ3) is 4.10. The van der Waals surface area contributed by atoms with Crippen LogP contribution in [0.25, 0.3) is 0 Å². The molecule has 0 fully saturated rings. The topological polar surface area (TPSA) is 63.6 Å². The summed E-state index contributed by atoms with van der Waals surface area (Å²) in [5.41, 5.74) is -1.43. The van der Waals surface area contributed by atoms with Gasteiger partial charge in [-0.3, -0.25) is 9.59 Å². The van der Waals surface area contributed by atoms with Crippen LogP contribution in [0.4, 0.5) is 0 Å². The molecule has 0 aliphatic carbocycles. The monoisotopic (exact) mass is 240 g/mol. The van der Waals surface area contributed by atoms with Crippen molar-refractivity contribution in [3.8, 4) is 12.3 Å². The molecule has 1 unspecified atom stereocenters. The Morgan fingerprint density at radius 3 is 2.41 bits per heavy atom. The lowest BCUT2D eigenvalue weighted by Gasteiger charge is -2.26. The predicted molar refractivity (Wildman–Crippen MR) is 64.3 cm³/mol. The highest BCUT2D eigenvalue weighted by molar-refractivity contribution is 5.99. The summed E-state index contributed by atoms with van der Waals surface area (Å²) in [6.45, 7) is 3.70. The number of carbonyl (C=O) groups is 2. The molecule has 1 atom stereocenters. The van der Waals surface area contributed by atoms with Crippen molar-refractivity contribution < 1.29 is 19.4 Å². The lowest BCUT2D eigenvalue weighted by atomic mass is 9.78. The molecular formula is C13H20O4. The fraction of sp³-hybridized carbons (Fsp3) is 0.692. The minimum atomic E-state index is -1.43. The van der Waals surface area contributed by atoms with Crippen molar-refractivity contribution >= 4 is 11.9 Å². The van der Waals surface area contributed by atoms with Crippen LogP contribution in [0.15, 0.2) is 0 Å². The van der Waals surface area contributed by atoms with Crippen molar-refractivity contribution in [1.29, 1.82) is 0 Å². The molecule has 96 valence electrons. The molecule has 0 bridgehead atoms. The van der Waals surface area contributed by atoms with Crippen LogP contribution in [0.3, 0.4) is 0 Å². The Bertz CT molecular complexity index is 303. The highest BCUT2D eigenvalue weighted by Gasteiger charge is 2.46. The Kier molecular flexibility index (Phi) is 7.04. The third-order valence-electron chi connectivity index (χ3n) is 2.68. The molecule has 0 heterocycles. The fourth-order valence-electron chi connectivity index (χ4n) is 1.82. The molecular weight excluding hydrogens is 220 g/mol. The molecule has 4 nitrogen and oxygen atoms in total. The van der Waals surface area contributed by atoms with E-state index in [4.69, 9.17) is 11.2 Å². The van der Waals surface area contributed by atoms with Crippen LogP contribution in [0.2, 0.25) is 0 Å². The van der Waals surface area contributed by atoms with E-state index in [1.807, 2.05) is 6.92 Å². The van der Waals surface area contributed by atoms with Crippen molar-refractivity contribution in [2.45, 2.75) is 46.0 Å². The molecule has 0 radical (unpaired) electrons. The molecule has 0 aromatic heterocycles. The van der Waals surface area contributed by atoms with E-state index in [0.29, 0.717) is 19.3 Å². The van der Waals surface area contributed by atoms with E-state index in [1.165, 1.54) is 0 Å². The van der Waals surface area contributed by atoms with Gasteiger partial charge < -0.3 is 9.84 Å². The Morgan fingerprint density at radius 2 is 2.00 bits per heavy atom. The van der Waals surface area contributed by atoms with E-state index in [2.05, 4.69) is 5.92 Å². The summed E-state index contributed by atoms with van der Waals surface area (Å²) in [6, 6.07) is 0. The summed E-state index contributed by atoms with van der Waals surface area (Å²) in [6.07, 6.45) is 7.25. The lowest BCUT2D eigenvalue weighted by Crippen LogP contribution is -2.40. The zero-order valence-electron chi connectivity index (χ0n) is 10.5. The van der Waals surface area contributed by atoms with Crippen LogP contribution in [0, 0.1) is 17.8 Å². The first-order chi connectivity index (χ1) is 8.05. The molecule has 0 aromatic rings. The maximum Gasteiger partial charge on any atom is 0.323 e. The van der Waals surface area contributed by atoms with Crippen LogP contribution >= 0.6 is 0 Å². The minimum Gasteiger partial charge on any atom is -0.480 e. The van der Waals surface area contributed by atoms with E-state index in [1.54, 1.807) is 6.92 Å². The number of esters is 1. The summed E-state index contributed by atoms with van der Waals surface area (Å²) in [7, 11) is 0. The maximum absolute atomic E-state index is 11.8. The number of carbonyl (C=O) groups excluding carboxylic acids is 1. The number of ether oxygens (including phenoxy) is 1. The first-order valence-electron chi connectivity index (χ1n) is 5.89. The molecule has 0 rings (SSSR count). The van der Waals surface area contributed by atoms with Crippen molar-refractivity contribution in [2.75, 3.05) is 6.61 Å². The van der Waals surface area contributed by atoms with E-state index in [-0.39, 0.29) is 19.4 Å². The second-order valence-electron chi connectivity index (χ2n) is 3.92. The van der Waals surface area contributed by atoms with Gasteiger partial charge in [-0.15, -0.1) is 12.3 Å². The van der Waals surface area contributed by atoms with Crippen molar-refractivity contribution in [3.05, 3.63) is 0 Å². The molecule has 0 amide bonds. The second-order valence-corrected chi connectivity index (χ2v) is 3.92. The Labute approximate surface area is 102 Å². The van der Waals surface area contributed by atoms with Crippen LogP contribution in [0.5, 0.6) is 0 Å². The SMILES string of the molecule is C#CCCCC(CCC)(C(=O)O)C(=O)OCC. The Morgan fingerprint density at radius 1 is 1.35 bits per heavy atom. The number of aliphatic carboxylic acids is 1. The van der Waals surface area contributed by atoms with E-state index >= 15 is 0 Å². The summed E-state index contributed by atoms with van der Waals surface area (Å²) in [5, 5.41) is 9.30. The lowest BCUT2D eigenvalue weighted by molar-refractivity contribution is -0.170. The molecule has 0 spiro atoms. The predicted octanol–water partition coefficient (Wildman–Crippen LogP) is 2.22. The summed E-state index contributed by atoms with van der Waals surface area (Å²) < 4.78 is 4.88. The van der Waals surface area contributed by atoms with Gasteiger partial charge in [0, 0.05) is 6.42 Å². The molecule has 0 saturated heterocycles. The number of hydrogen-bond donors (Lipinski definition) is 1. The average Bonchev–Trinajstić information content (AvgIpc) is 2.28. The highest BCUT2D eigenvalue weighted by Crippen LogP contribution is 2.32.